The van der Waals surface area contributed by atoms with Crippen LogP contribution in [0.5, 0.6) is 0 Å². The van der Waals surface area contributed by atoms with E-state index in [-0.39, 0.29) is 11.6 Å². The first-order valence-electron chi connectivity index (χ1n) is 5.32. The third kappa shape index (κ3) is 1.25. The number of hydrogen-bond acceptors (Lipinski definition) is 2. The summed E-state index contributed by atoms with van der Waals surface area (Å²) in [5.41, 5.74) is 2.76. The molecule has 1 heterocycles. The number of halogens is 1. The Balaban J connectivity index is 2.09. The Hall–Kier alpha value is -0.570. The highest BCUT2D eigenvalue weighted by atomic mass is 35.5. The molecule has 0 saturated carbocycles. The van der Waals surface area contributed by atoms with Gasteiger partial charge in [-0.1, -0.05) is 24.3 Å². The topological polar surface area (TPSA) is 21.3 Å². The van der Waals surface area contributed by atoms with Gasteiger partial charge in [-0.05, 0) is 11.1 Å². The van der Waals surface area contributed by atoms with Crippen molar-refractivity contribution >= 4 is 11.6 Å². The smallest absolute Gasteiger partial charge is 0.0888 e. The van der Waals surface area contributed by atoms with E-state index >= 15 is 0 Å². The average molecular weight is 224 g/mol. The van der Waals surface area contributed by atoms with Gasteiger partial charge < -0.3 is 10.1 Å². The van der Waals surface area contributed by atoms with Crippen molar-refractivity contribution in [3.8, 4) is 0 Å². The molecule has 3 heteroatoms. The van der Waals surface area contributed by atoms with Crippen molar-refractivity contribution in [3.63, 3.8) is 0 Å². The highest BCUT2D eigenvalue weighted by Gasteiger charge is 2.48. The number of alkyl halides is 1. The van der Waals surface area contributed by atoms with Crippen molar-refractivity contribution in [3.05, 3.63) is 35.4 Å². The van der Waals surface area contributed by atoms with Crippen LogP contribution in [0.3, 0.4) is 0 Å². The standard InChI is InChI=1S/C12H14ClNO/c1-15-11-8-5-3-2-4-7(8)9-6-14-12(13)10(9)11/h2-5,9-12,14H,6H2,1H3. The zero-order chi connectivity index (χ0) is 10.4. The van der Waals surface area contributed by atoms with Crippen molar-refractivity contribution in [1.82, 2.24) is 5.32 Å². The van der Waals surface area contributed by atoms with E-state index in [0.717, 1.165) is 6.54 Å². The number of hydrogen-bond donors (Lipinski definition) is 1. The van der Waals surface area contributed by atoms with Crippen molar-refractivity contribution in [2.45, 2.75) is 17.5 Å². The molecule has 15 heavy (non-hydrogen) atoms. The van der Waals surface area contributed by atoms with E-state index < -0.39 is 0 Å². The summed E-state index contributed by atoms with van der Waals surface area (Å²) in [7, 11) is 1.77. The van der Waals surface area contributed by atoms with E-state index in [0.29, 0.717) is 11.8 Å². The summed E-state index contributed by atoms with van der Waals surface area (Å²) in [6.07, 6.45) is 0.156. The zero-order valence-corrected chi connectivity index (χ0v) is 9.37. The molecule has 4 unspecified atom stereocenters. The van der Waals surface area contributed by atoms with Crippen LogP contribution in [0, 0.1) is 5.92 Å². The molecular weight excluding hydrogens is 210 g/mol. The van der Waals surface area contributed by atoms with Gasteiger partial charge in [0.25, 0.3) is 0 Å². The van der Waals surface area contributed by atoms with Crippen LogP contribution in [-0.2, 0) is 4.74 Å². The highest BCUT2D eigenvalue weighted by molar-refractivity contribution is 6.20. The van der Waals surface area contributed by atoms with Gasteiger partial charge in [0.15, 0.2) is 0 Å². The number of methoxy groups -OCH3 is 1. The third-order valence-corrected chi connectivity index (χ3v) is 4.09. The molecule has 1 fully saturated rings. The van der Waals surface area contributed by atoms with Crippen molar-refractivity contribution in [2.75, 3.05) is 13.7 Å². The SMILES string of the molecule is COC1c2ccccc2C2CNC(Cl)C21. The van der Waals surface area contributed by atoms with Crippen LogP contribution >= 0.6 is 11.6 Å². The lowest BCUT2D eigenvalue weighted by molar-refractivity contribution is 0.0609. The maximum atomic E-state index is 6.29. The minimum Gasteiger partial charge on any atom is -0.376 e. The Kier molecular flexibility index (Phi) is 2.23. The maximum Gasteiger partial charge on any atom is 0.0888 e. The molecule has 2 aliphatic rings. The van der Waals surface area contributed by atoms with E-state index in [1.807, 2.05) is 0 Å². The summed E-state index contributed by atoms with van der Waals surface area (Å²) in [6.45, 7) is 0.968. The van der Waals surface area contributed by atoms with Crippen LogP contribution in [0.2, 0.25) is 0 Å². The first-order chi connectivity index (χ1) is 7.33. The van der Waals surface area contributed by atoms with Gasteiger partial charge in [0, 0.05) is 25.5 Å². The molecule has 2 nitrogen and oxygen atoms in total. The molecule has 0 amide bonds. The van der Waals surface area contributed by atoms with E-state index in [2.05, 4.69) is 29.6 Å². The Morgan fingerprint density at radius 1 is 1.33 bits per heavy atom. The zero-order valence-electron chi connectivity index (χ0n) is 8.61. The van der Waals surface area contributed by atoms with Gasteiger partial charge in [-0.3, -0.25) is 0 Å². The van der Waals surface area contributed by atoms with Crippen LogP contribution in [0.1, 0.15) is 23.1 Å². The number of fused-ring (bicyclic) bond motifs is 3. The van der Waals surface area contributed by atoms with E-state index in [4.69, 9.17) is 16.3 Å². The quantitative estimate of drug-likeness (QED) is 0.583. The van der Waals surface area contributed by atoms with Crippen LogP contribution in [0.15, 0.2) is 24.3 Å². The third-order valence-electron chi connectivity index (χ3n) is 3.64. The van der Waals surface area contributed by atoms with Gasteiger partial charge in [-0.15, -0.1) is 11.6 Å². The second-order valence-corrected chi connectivity index (χ2v) is 4.75. The molecule has 1 aliphatic heterocycles. The largest absolute Gasteiger partial charge is 0.376 e. The number of nitrogens with one attached hydrogen (secondary N) is 1. The van der Waals surface area contributed by atoms with Crippen molar-refractivity contribution in [1.29, 1.82) is 0 Å². The second-order valence-electron chi connectivity index (χ2n) is 4.28. The molecule has 1 aromatic rings. The molecule has 1 N–H and O–H groups in total. The fraction of sp³-hybridized carbons (Fsp3) is 0.500. The summed E-state index contributed by atoms with van der Waals surface area (Å²) in [6, 6.07) is 8.52. The first-order valence-corrected chi connectivity index (χ1v) is 5.75. The fourth-order valence-corrected chi connectivity index (χ4v) is 3.39. The first kappa shape index (κ1) is 9.64. The lowest BCUT2D eigenvalue weighted by Gasteiger charge is -2.20. The van der Waals surface area contributed by atoms with Gasteiger partial charge in [0.1, 0.15) is 0 Å². The average Bonchev–Trinajstić information content (AvgIpc) is 2.78. The van der Waals surface area contributed by atoms with Gasteiger partial charge >= 0.3 is 0 Å². The minimum atomic E-state index is 0.0346. The number of rotatable bonds is 1. The molecular formula is C12H14ClNO. The Morgan fingerprint density at radius 3 is 2.80 bits per heavy atom. The summed E-state index contributed by atoms with van der Waals surface area (Å²) in [4.78, 5) is 0. The van der Waals surface area contributed by atoms with Crippen LogP contribution in [-0.4, -0.2) is 19.2 Å². The molecule has 1 aliphatic carbocycles. The molecule has 4 atom stereocenters. The maximum absolute atomic E-state index is 6.29. The Morgan fingerprint density at radius 2 is 2.07 bits per heavy atom. The number of ether oxygens (including phenoxy) is 1. The Bertz CT molecular complexity index is 367. The van der Waals surface area contributed by atoms with Crippen LogP contribution in [0.4, 0.5) is 0 Å². The predicted octanol–water partition coefficient (Wildman–Crippen LogP) is 2.26. The molecule has 1 aromatic carbocycles. The monoisotopic (exact) mass is 223 g/mol. The van der Waals surface area contributed by atoms with Gasteiger partial charge in [0.05, 0.1) is 11.6 Å². The summed E-state index contributed by atoms with van der Waals surface area (Å²) in [5.74, 6) is 0.905. The molecule has 0 bridgehead atoms. The summed E-state index contributed by atoms with van der Waals surface area (Å²) >= 11 is 6.29. The van der Waals surface area contributed by atoms with Gasteiger partial charge in [-0.25, -0.2) is 0 Å². The molecule has 80 valence electrons. The normalized spacial score (nSPS) is 37.7. The van der Waals surface area contributed by atoms with E-state index in [1.54, 1.807) is 7.11 Å². The molecule has 0 aromatic heterocycles. The molecule has 1 saturated heterocycles. The number of benzene rings is 1. The van der Waals surface area contributed by atoms with Crippen molar-refractivity contribution in [2.24, 2.45) is 5.92 Å². The van der Waals surface area contributed by atoms with Crippen LogP contribution in [0.25, 0.3) is 0 Å². The lowest BCUT2D eigenvalue weighted by Crippen LogP contribution is -2.24. The second kappa shape index (κ2) is 3.48. The predicted molar refractivity (Wildman–Crippen MR) is 60.1 cm³/mol. The lowest BCUT2D eigenvalue weighted by atomic mass is 9.95. The van der Waals surface area contributed by atoms with E-state index in [1.165, 1.54) is 11.1 Å². The van der Waals surface area contributed by atoms with Gasteiger partial charge in [-0.2, -0.15) is 0 Å². The van der Waals surface area contributed by atoms with Gasteiger partial charge in [0.2, 0.25) is 0 Å². The summed E-state index contributed by atoms with van der Waals surface area (Å²) in [5, 5.41) is 3.31. The molecule has 0 radical (unpaired) electrons. The fourth-order valence-electron chi connectivity index (χ4n) is 3.00. The molecule has 3 rings (SSSR count). The highest BCUT2D eigenvalue weighted by Crippen LogP contribution is 2.51. The minimum absolute atomic E-state index is 0.0346. The van der Waals surface area contributed by atoms with Crippen molar-refractivity contribution < 1.29 is 4.74 Å². The molecule has 0 spiro atoms. The van der Waals surface area contributed by atoms with E-state index in [9.17, 15) is 0 Å². The Labute approximate surface area is 94.6 Å². The van der Waals surface area contributed by atoms with Crippen LogP contribution < -0.4 is 5.32 Å². The summed E-state index contributed by atoms with van der Waals surface area (Å²) < 4.78 is 5.60.